The van der Waals surface area contributed by atoms with E-state index in [4.69, 9.17) is 0 Å². The molecule has 2 rings (SSSR count). The van der Waals surface area contributed by atoms with Crippen LogP contribution in [0.2, 0.25) is 0 Å². The molecular weight excluding hydrogens is 258 g/mol. The van der Waals surface area contributed by atoms with Crippen LogP contribution in [-0.2, 0) is 0 Å². The predicted octanol–water partition coefficient (Wildman–Crippen LogP) is 3.84. The van der Waals surface area contributed by atoms with Gasteiger partial charge in [-0.25, -0.2) is 4.99 Å². The zero-order chi connectivity index (χ0) is 15.5. The van der Waals surface area contributed by atoms with E-state index in [9.17, 15) is 0 Å². The Morgan fingerprint density at radius 1 is 1.10 bits per heavy atom. The fourth-order valence-electron chi connectivity index (χ4n) is 2.62. The molecule has 0 atom stereocenters. The molecule has 0 aromatic rings. The van der Waals surface area contributed by atoms with Gasteiger partial charge in [-0.1, -0.05) is 26.5 Å². The van der Waals surface area contributed by atoms with E-state index in [0.717, 1.165) is 30.8 Å². The van der Waals surface area contributed by atoms with Crippen molar-refractivity contribution in [3.8, 4) is 0 Å². The van der Waals surface area contributed by atoms with E-state index < -0.39 is 0 Å². The van der Waals surface area contributed by atoms with Crippen LogP contribution in [-0.4, -0.2) is 36.9 Å². The first-order valence-corrected chi connectivity index (χ1v) is 8.44. The lowest BCUT2D eigenvalue weighted by Crippen LogP contribution is -2.36. The normalized spacial score (nSPS) is 22.0. The summed E-state index contributed by atoms with van der Waals surface area (Å²) in [5.74, 6) is 2.84. The molecule has 3 heteroatoms. The fourth-order valence-corrected chi connectivity index (χ4v) is 2.62. The van der Waals surface area contributed by atoms with Crippen LogP contribution < -0.4 is 5.32 Å². The van der Waals surface area contributed by atoms with Crippen molar-refractivity contribution in [1.82, 2.24) is 10.2 Å². The van der Waals surface area contributed by atoms with Crippen LogP contribution >= 0.6 is 0 Å². The summed E-state index contributed by atoms with van der Waals surface area (Å²) in [5.41, 5.74) is 0. The summed E-state index contributed by atoms with van der Waals surface area (Å²) in [5, 5.41) is 3.32. The average Bonchev–Trinajstić information content (AvgIpc) is 2.51. The summed E-state index contributed by atoms with van der Waals surface area (Å²) in [6, 6.07) is 0. The third kappa shape index (κ3) is 7.47. The summed E-state index contributed by atoms with van der Waals surface area (Å²) in [6.07, 6.45) is 10.9. The minimum Gasteiger partial charge on any atom is -0.357 e. The van der Waals surface area contributed by atoms with Crippen LogP contribution in [0.1, 0.15) is 46.5 Å². The number of nitrogens with zero attached hydrogens (tertiary/aromatic N) is 2. The molecule has 120 valence electrons. The van der Waals surface area contributed by atoms with Gasteiger partial charge < -0.3 is 10.2 Å². The number of allylic oxidation sites excluding steroid dienone is 1. The van der Waals surface area contributed by atoms with Crippen molar-refractivity contribution in [3.63, 3.8) is 0 Å². The zero-order valence-electron chi connectivity index (χ0n) is 14.1. The number of hydrogen-bond acceptors (Lipinski definition) is 2. The highest BCUT2D eigenvalue weighted by molar-refractivity contribution is 5.92. The predicted molar refractivity (Wildman–Crippen MR) is 93.7 cm³/mol. The molecule has 0 spiro atoms. The van der Waals surface area contributed by atoms with Crippen LogP contribution in [0.25, 0.3) is 0 Å². The zero-order valence-corrected chi connectivity index (χ0v) is 14.1. The average molecular weight is 291 g/mol. The fraction of sp³-hybridized carbons (Fsp3) is 0.722. The Labute approximate surface area is 131 Å². The van der Waals surface area contributed by atoms with Crippen LogP contribution in [0.3, 0.4) is 0 Å². The summed E-state index contributed by atoms with van der Waals surface area (Å²) in [6.45, 7) is 15.1. The molecule has 0 aromatic carbocycles. The van der Waals surface area contributed by atoms with Gasteiger partial charge in [-0.15, -0.1) is 0 Å². The van der Waals surface area contributed by atoms with Crippen molar-refractivity contribution in [1.29, 1.82) is 0 Å². The molecule has 21 heavy (non-hydrogen) atoms. The van der Waals surface area contributed by atoms with Crippen LogP contribution in [0, 0.1) is 11.8 Å². The van der Waals surface area contributed by atoms with Crippen molar-refractivity contribution >= 4 is 5.84 Å². The third-order valence-electron chi connectivity index (χ3n) is 4.27. The minimum absolute atomic E-state index is 0.860. The van der Waals surface area contributed by atoms with Gasteiger partial charge in [-0.05, 0) is 63.6 Å². The molecule has 0 aliphatic carbocycles. The molecule has 2 saturated heterocycles. The Morgan fingerprint density at radius 3 is 2.10 bits per heavy atom. The van der Waals surface area contributed by atoms with Crippen molar-refractivity contribution in [2.75, 3.05) is 26.2 Å². The van der Waals surface area contributed by atoms with Crippen LogP contribution in [0.4, 0.5) is 0 Å². The van der Waals surface area contributed by atoms with Crippen molar-refractivity contribution in [3.05, 3.63) is 24.9 Å². The van der Waals surface area contributed by atoms with Gasteiger partial charge in [0, 0.05) is 19.3 Å². The van der Waals surface area contributed by atoms with Crippen LogP contribution in [0.5, 0.6) is 0 Å². The molecule has 1 N–H and O–H groups in total. The van der Waals surface area contributed by atoms with E-state index in [1.807, 2.05) is 25.3 Å². The summed E-state index contributed by atoms with van der Waals surface area (Å²) < 4.78 is 0. The summed E-state index contributed by atoms with van der Waals surface area (Å²) in [7, 11) is 0. The van der Waals surface area contributed by atoms with Gasteiger partial charge in [0.2, 0.25) is 0 Å². The highest BCUT2D eigenvalue weighted by atomic mass is 15.2. The molecule has 2 aliphatic heterocycles. The molecule has 0 unspecified atom stereocenters. The van der Waals surface area contributed by atoms with Gasteiger partial charge in [-0.3, -0.25) is 0 Å². The lowest BCUT2D eigenvalue weighted by atomic mass is 9.99. The maximum atomic E-state index is 4.35. The smallest absolute Gasteiger partial charge is 0.127 e. The molecule has 2 fully saturated rings. The number of amidine groups is 1. The standard InChI is InChI=1S/C12H20N2.C6H13N/c1-4-8-13-12(5-2)14-9-6-11(3)7-10-14;1-6-2-4-7-5-3-6/h4-5,8,11H,2,6-7,9-10H2,1,3H3;6-7H,2-5H2,1H3/b8-4-,13-12?;. The number of hydrogen-bond donors (Lipinski definition) is 1. The quantitative estimate of drug-likeness (QED) is 0.618. The number of nitrogens with one attached hydrogen (secondary N) is 1. The molecule has 0 bridgehead atoms. The molecule has 2 heterocycles. The molecule has 0 aromatic heterocycles. The third-order valence-corrected chi connectivity index (χ3v) is 4.27. The number of piperidine rings is 2. The summed E-state index contributed by atoms with van der Waals surface area (Å²) >= 11 is 0. The van der Waals surface area contributed by atoms with Crippen molar-refractivity contribution < 1.29 is 0 Å². The number of rotatable bonds is 2. The van der Waals surface area contributed by atoms with Gasteiger partial charge >= 0.3 is 0 Å². The maximum absolute atomic E-state index is 4.35. The first kappa shape index (κ1) is 18.0. The lowest BCUT2D eigenvalue weighted by Gasteiger charge is -2.31. The van der Waals surface area contributed by atoms with Gasteiger partial charge in [0.25, 0.3) is 0 Å². The van der Waals surface area contributed by atoms with E-state index in [2.05, 4.69) is 35.6 Å². The van der Waals surface area contributed by atoms with E-state index in [1.54, 1.807) is 0 Å². The SMILES string of the molecule is C=CC(=N/C=C\C)N1CCC(C)CC1.CC1CCNCC1. The highest BCUT2D eigenvalue weighted by Crippen LogP contribution is 2.16. The Morgan fingerprint density at radius 2 is 1.67 bits per heavy atom. The minimum atomic E-state index is 0.860. The number of aliphatic imine (C=N–C) groups is 1. The van der Waals surface area contributed by atoms with Crippen molar-refractivity contribution in [2.45, 2.75) is 46.5 Å². The van der Waals surface area contributed by atoms with Crippen molar-refractivity contribution in [2.24, 2.45) is 16.8 Å². The Bertz CT molecular complexity index is 332. The molecule has 0 amide bonds. The van der Waals surface area contributed by atoms with E-state index in [-0.39, 0.29) is 0 Å². The first-order valence-electron chi connectivity index (χ1n) is 8.44. The molecule has 0 saturated carbocycles. The second-order valence-corrected chi connectivity index (χ2v) is 6.28. The van der Waals surface area contributed by atoms with Gasteiger partial charge in [0.1, 0.15) is 5.84 Å². The second kappa shape index (κ2) is 10.6. The molecule has 0 radical (unpaired) electrons. The van der Waals surface area contributed by atoms with Gasteiger partial charge in [-0.2, -0.15) is 0 Å². The Hall–Kier alpha value is -1.09. The van der Waals surface area contributed by atoms with E-state index in [1.165, 1.54) is 38.8 Å². The van der Waals surface area contributed by atoms with E-state index in [0.29, 0.717) is 0 Å². The molecular formula is C18H33N3. The topological polar surface area (TPSA) is 27.6 Å². The largest absolute Gasteiger partial charge is 0.357 e. The van der Waals surface area contributed by atoms with Gasteiger partial charge in [0.15, 0.2) is 0 Å². The summed E-state index contributed by atoms with van der Waals surface area (Å²) in [4.78, 5) is 6.67. The molecule has 3 nitrogen and oxygen atoms in total. The Balaban J connectivity index is 0.000000262. The van der Waals surface area contributed by atoms with Crippen LogP contribution in [0.15, 0.2) is 29.9 Å². The Kier molecular flexibility index (Phi) is 9.07. The monoisotopic (exact) mass is 291 g/mol. The maximum Gasteiger partial charge on any atom is 0.127 e. The van der Waals surface area contributed by atoms with Gasteiger partial charge in [0.05, 0.1) is 0 Å². The molecule has 2 aliphatic rings. The first-order chi connectivity index (χ1) is 10.2. The highest BCUT2D eigenvalue weighted by Gasteiger charge is 2.16. The van der Waals surface area contributed by atoms with E-state index >= 15 is 0 Å². The second-order valence-electron chi connectivity index (χ2n) is 6.28. The lowest BCUT2D eigenvalue weighted by molar-refractivity contribution is 0.281. The number of likely N-dealkylation sites (tertiary alicyclic amines) is 1.